The van der Waals surface area contributed by atoms with Crippen LogP contribution in [0.15, 0.2) is 6.07 Å². The van der Waals surface area contributed by atoms with Gasteiger partial charge in [0.2, 0.25) is 0 Å². The number of nitrogens with one attached hydrogen (secondary N) is 1. The van der Waals surface area contributed by atoms with Gasteiger partial charge in [-0.3, -0.25) is 0 Å². The SMILES string of the molecule is CC(C)(C)OC(=O)N1CCC2(CC1)OCCc1cc(F)sc12.CC1(C)CCCC(C)(C)N1. The molecular formula is C25H41FN2O3S. The van der Waals surface area contributed by atoms with Gasteiger partial charge in [0, 0.05) is 29.0 Å². The standard InChI is InChI=1S/C16H22FNO3S.C9H19N/c1-15(2,3)21-14(19)18-7-5-16(6-8-18)13-11(4-9-20-16)10-12(17)22-13;1-8(2)6-5-7-9(3,4)10-8/h10H,4-9H2,1-3H3;10H,5-7H2,1-4H3. The third-order valence-electron chi connectivity index (χ3n) is 6.45. The van der Waals surface area contributed by atoms with E-state index >= 15 is 0 Å². The molecule has 4 heterocycles. The number of thiophene rings is 1. The van der Waals surface area contributed by atoms with Crippen molar-refractivity contribution in [3.8, 4) is 0 Å². The molecule has 0 aliphatic carbocycles. The lowest BCUT2D eigenvalue weighted by molar-refractivity contribution is -0.0950. The summed E-state index contributed by atoms with van der Waals surface area (Å²) < 4.78 is 25.1. The first kappa shape index (κ1) is 25.4. The highest BCUT2D eigenvalue weighted by Gasteiger charge is 2.43. The number of rotatable bonds is 0. The van der Waals surface area contributed by atoms with Crippen LogP contribution in [0.25, 0.3) is 0 Å². The fourth-order valence-corrected chi connectivity index (χ4v) is 6.29. The third kappa shape index (κ3) is 6.45. The van der Waals surface area contributed by atoms with Crippen LogP contribution in [-0.4, -0.2) is 47.4 Å². The van der Waals surface area contributed by atoms with Crippen molar-refractivity contribution in [2.45, 2.75) is 109 Å². The minimum absolute atomic E-state index is 0.149. The van der Waals surface area contributed by atoms with Crippen LogP contribution in [0.2, 0.25) is 0 Å². The predicted molar refractivity (Wildman–Crippen MR) is 128 cm³/mol. The summed E-state index contributed by atoms with van der Waals surface area (Å²) in [6.45, 7) is 16.5. The summed E-state index contributed by atoms with van der Waals surface area (Å²) in [6, 6.07) is 1.63. The predicted octanol–water partition coefficient (Wildman–Crippen LogP) is 6.00. The van der Waals surface area contributed by atoms with Gasteiger partial charge in [0.15, 0.2) is 5.13 Å². The molecule has 2 saturated heterocycles. The van der Waals surface area contributed by atoms with Crippen molar-refractivity contribution in [3.63, 3.8) is 0 Å². The van der Waals surface area contributed by atoms with E-state index in [-0.39, 0.29) is 11.2 Å². The molecule has 7 heteroatoms. The third-order valence-corrected chi connectivity index (χ3v) is 7.60. The normalized spacial score (nSPS) is 23.7. The number of carbonyl (C=O) groups excluding carboxylic acids is 1. The molecule has 0 radical (unpaired) electrons. The molecule has 1 spiro atoms. The van der Waals surface area contributed by atoms with Gasteiger partial charge in [-0.05, 0) is 98.6 Å². The highest BCUT2D eigenvalue weighted by atomic mass is 32.1. The quantitative estimate of drug-likeness (QED) is 0.507. The van der Waals surface area contributed by atoms with Gasteiger partial charge >= 0.3 is 6.09 Å². The summed E-state index contributed by atoms with van der Waals surface area (Å²) in [5, 5.41) is 3.48. The number of piperidine rings is 2. The summed E-state index contributed by atoms with van der Waals surface area (Å²) in [6.07, 6.45) is 5.88. The van der Waals surface area contributed by atoms with Crippen LogP contribution in [0.5, 0.6) is 0 Å². The summed E-state index contributed by atoms with van der Waals surface area (Å²) >= 11 is 1.19. The Morgan fingerprint density at radius 2 is 1.72 bits per heavy atom. The van der Waals surface area contributed by atoms with Crippen LogP contribution in [0.3, 0.4) is 0 Å². The number of ether oxygens (including phenoxy) is 2. The Bertz CT molecular complexity index is 791. The first-order chi connectivity index (χ1) is 14.7. The Labute approximate surface area is 197 Å². The number of nitrogens with zero attached hydrogens (tertiary/aromatic N) is 1. The number of carbonyl (C=O) groups is 1. The molecule has 1 N–H and O–H groups in total. The van der Waals surface area contributed by atoms with Crippen molar-refractivity contribution in [2.75, 3.05) is 19.7 Å². The number of hydrogen-bond acceptors (Lipinski definition) is 5. The lowest BCUT2D eigenvalue weighted by atomic mass is 9.83. The van der Waals surface area contributed by atoms with Crippen LogP contribution in [-0.2, 0) is 21.5 Å². The second-order valence-electron chi connectivity index (χ2n) is 11.7. The van der Waals surface area contributed by atoms with Crippen LogP contribution in [0.4, 0.5) is 9.18 Å². The number of amides is 1. The maximum Gasteiger partial charge on any atom is 0.410 e. The average Bonchev–Trinajstić information content (AvgIpc) is 3.01. The van der Waals surface area contributed by atoms with Crippen molar-refractivity contribution < 1.29 is 18.7 Å². The zero-order valence-corrected chi connectivity index (χ0v) is 21.7. The number of halogens is 1. The molecule has 1 aromatic heterocycles. The van der Waals surface area contributed by atoms with Gasteiger partial charge in [0.05, 0.1) is 6.61 Å². The largest absolute Gasteiger partial charge is 0.444 e. The van der Waals surface area contributed by atoms with Gasteiger partial charge in [-0.2, -0.15) is 4.39 Å². The zero-order valence-electron chi connectivity index (χ0n) is 20.9. The summed E-state index contributed by atoms with van der Waals surface area (Å²) in [5.41, 5.74) is 0.891. The lowest BCUT2D eigenvalue weighted by Crippen LogP contribution is -2.55. The first-order valence-corrected chi connectivity index (χ1v) is 12.7. The van der Waals surface area contributed by atoms with Crippen molar-refractivity contribution >= 4 is 17.4 Å². The van der Waals surface area contributed by atoms with E-state index in [2.05, 4.69) is 33.0 Å². The van der Waals surface area contributed by atoms with Gasteiger partial charge in [-0.1, -0.05) is 0 Å². The Hall–Kier alpha value is -1.18. The second-order valence-corrected chi connectivity index (χ2v) is 12.7. The molecule has 3 aliphatic rings. The minimum Gasteiger partial charge on any atom is -0.444 e. The number of hydrogen-bond donors (Lipinski definition) is 1. The van der Waals surface area contributed by atoms with Crippen molar-refractivity contribution in [1.82, 2.24) is 10.2 Å². The van der Waals surface area contributed by atoms with Gasteiger partial charge < -0.3 is 19.7 Å². The van der Waals surface area contributed by atoms with E-state index in [9.17, 15) is 9.18 Å². The fraction of sp³-hybridized carbons (Fsp3) is 0.800. The molecule has 32 heavy (non-hydrogen) atoms. The topological polar surface area (TPSA) is 50.8 Å². The van der Waals surface area contributed by atoms with Gasteiger partial charge in [-0.15, -0.1) is 11.3 Å². The van der Waals surface area contributed by atoms with Crippen molar-refractivity contribution in [3.05, 3.63) is 21.6 Å². The van der Waals surface area contributed by atoms with Crippen molar-refractivity contribution in [2.24, 2.45) is 0 Å². The molecule has 0 unspecified atom stereocenters. The van der Waals surface area contributed by atoms with Crippen molar-refractivity contribution in [1.29, 1.82) is 0 Å². The summed E-state index contributed by atoms with van der Waals surface area (Å²) in [7, 11) is 0. The minimum atomic E-state index is -0.488. The highest BCUT2D eigenvalue weighted by Crippen LogP contribution is 2.45. The van der Waals surface area contributed by atoms with E-state index in [4.69, 9.17) is 9.47 Å². The highest BCUT2D eigenvalue weighted by molar-refractivity contribution is 7.10. The molecule has 3 aliphatic heterocycles. The van der Waals surface area contributed by atoms with Crippen LogP contribution >= 0.6 is 11.3 Å². The second kappa shape index (κ2) is 9.22. The molecular weight excluding hydrogens is 427 g/mol. The summed E-state index contributed by atoms with van der Waals surface area (Å²) in [4.78, 5) is 14.9. The molecule has 0 atom stereocenters. The molecule has 5 nitrogen and oxygen atoms in total. The summed E-state index contributed by atoms with van der Waals surface area (Å²) in [5.74, 6) is 0. The molecule has 0 aromatic carbocycles. The first-order valence-electron chi connectivity index (χ1n) is 11.9. The number of likely N-dealkylation sites (tertiary alicyclic amines) is 1. The zero-order chi connectivity index (χ0) is 23.8. The Balaban J connectivity index is 0.000000243. The molecule has 1 aromatic rings. The maximum atomic E-state index is 13.6. The Kier molecular flexibility index (Phi) is 7.33. The number of fused-ring (bicyclic) bond motifs is 2. The fourth-order valence-electron chi connectivity index (χ4n) is 5.15. The Morgan fingerprint density at radius 3 is 2.22 bits per heavy atom. The van der Waals surface area contributed by atoms with Gasteiger partial charge in [0.1, 0.15) is 11.2 Å². The van der Waals surface area contributed by atoms with E-state index in [1.807, 2.05) is 20.8 Å². The van der Waals surface area contributed by atoms with Crippen LogP contribution < -0.4 is 5.32 Å². The van der Waals surface area contributed by atoms with E-state index < -0.39 is 11.2 Å². The molecule has 1 amide bonds. The molecule has 0 bridgehead atoms. The Morgan fingerprint density at radius 1 is 1.12 bits per heavy atom. The molecule has 182 valence electrons. The van der Waals surface area contributed by atoms with Crippen LogP contribution in [0, 0.1) is 5.13 Å². The lowest BCUT2D eigenvalue weighted by Gasteiger charge is -2.43. The van der Waals surface area contributed by atoms with E-state index in [1.54, 1.807) is 11.0 Å². The average molecular weight is 469 g/mol. The molecule has 0 saturated carbocycles. The van der Waals surface area contributed by atoms with Gasteiger partial charge in [0.25, 0.3) is 0 Å². The van der Waals surface area contributed by atoms with E-state index in [0.29, 0.717) is 43.6 Å². The molecule has 4 rings (SSSR count). The van der Waals surface area contributed by atoms with E-state index in [0.717, 1.165) is 16.9 Å². The monoisotopic (exact) mass is 468 g/mol. The molecule has 2 fully saturated rings. The van der Waals surface area contributed by atoms with E-state index in [1.165, 1.54) is 30.6 Å². The maximum absolute atomic E-state index is 13.6. The van der Waals surface area contributed by atoms with Crippen LogP contribution in [0.1, 0.15) is 91.0 Å². The smallest absolute Gasteiger partial charge is 0.410 e. The van der Waals surface area contributed by atoms with Gasteiger partial charge in [-0.25, -0.2) is 4.79 Å².